The Bertz CT molecular complexity index is 267. The van der Waals surface area contributed by atoms with E-state index in [0.29, 0.717) is 19.4 Å². The molecule has 1 amide bonds. The third-order valence-corrected chi connectivity index (χ3v) is 1.87. The molecular formula is C9H16N2O5. The molecule has 0 aliphatic carbocycles. The maximum absolute atomic E-state index is 11.2. The van der Waals surface area contributed by atoms with Crippen molar-refractivity contribution in [3.8, 4) is 0 Å². The second-order valence-corrected chi connectivity index (χ2v) is 3.30. The van der Waals surface area contributed by atoms with Crippen LogP contribution in [0.1, 0.15) is 25.7 Å². The molecule has 92 valence electrons. The minimum Gasteiger partial charge on any atom is -0.481 e. The molecule has 7 nitrogen and oxygen atoms in total. The summed E-state index contributed by atoms with van der Waals surface area (Å²) in [5.74, 6) is -3.09. The molecule has 0 radical (unpaired) electrons. The summed E-state index contributed by atoms with van der Waals surface area (Å²) in [4.78, 5) is 32.1. The zero-order valence-electron chi connectivity index (χ0n) is 8.81. The molecule has 5 N–H and O–H groups in total. The largest absolute Gasteiger partial charge is 0.481 e. The number of aliphatic carboxylic acids is 2. The van der Waals surface area contributed by atoms with E-state index in [1.165, 1.54) is 0 Å². The van der Waals surface area contributed by atoms with Crippen LogP contribution in [0.2, 0.25) is 0 Å². The number of amides is 1. The molecule has 0 aromatic carbocycles. The van der Waals surface area contributed by atoms with Crippen LogP contribution in [0.25, 0.3) is 0 Å². The number of nitrogens with two attached hydrogens (primary N) is 1. The molecule has 0 saturated heterocycles. The average Bonchev–Trinajstić information content (AvgIpc) is 2.16. The van der Waals surface area contributed by atoms with Gasteiger partial charge >= 0.3 is 11.9 Å². The molecule has 1 unspecified atom stereocenters. The first-order valence-electron chi connectivity index (χ1n) is 4.91. The van der Waals surface area contributed by atoms with Gasteiger partial charge in [-0.3, -0.25) is 9.59 Å². The molecule has 0 bridgehead atoms. The Morgan fingerprint density at radius 2 is 1.81 bits per heavy atom. The van der Waals surface area contributed by atoms with Crippen LogP contribution in [0.15, 0.2) is 0 Å². The highest BCUT2D eigenvalue weighted by molar-refractivity contribution is 5.86. The van der Waals surface area contributed by atoms with E-state index in [1.807, 2.05) is 0 Å². The smallest absolute Gasteiger partial charge is 0.326 e. The lowest BCUT2D eigenvalue weighted by Crippen LogP contribution is -2.42. The molecule has 0 heterocycles. The Kier molecular flexibility index (Phi) is 6.86. The van der Waals surface area contributed by atoms with Crippen LogP contribution < -0.4 is 11.1 Å². The molecule has 0 aliphatic rings. The first kappa shape index (κ1) is 14.4. The zero-order valence-corrected chi connectivity index (χ0v) is 8.81. The first-order chi connectivity index (χ1) is 7.47. The topological polar surface area (TPSA) is 130 Å². The van der Waals surface area contributed by atoms with E-state index in [9.17, 15) is 14.4 Å². The number of rotatable bonds is 8. The fourth-order valence-electron chi connectivity index (χ4n) is 1.07. The van der Waals surface area contributed by atoms with E-state index in [1.54, 1.807) is 0 Å². The van der Waals surface area contributed by atoms with E-state index in [2.05, 4.69) is 5.32 Å². The molecule has 1 atom stereocenters. The summed E-state index contributed by atoms with van der Waals surface area (Å²) in [6, 6.07) is -1.37. The van der Waals surface area contributed by atoms with Crippen LogP contribution in [-0.2, 0) is 14.4 Å². The van der Waals surface area contributed by atoms with Gasteiger partial charge in [-0.05, 0) is 19.4 Å². The van der Waals surface area contributed by atoms with Gasteiger partial charge in [-0.1, -0.05) is 0 Å². The highest BCUT2D eigenvalue weighted by Crippen LogP contribution is 1.97. The van der Waals surface area contributed by atoms with Crippen LogP contribution in [0.5, 0.6) is 0 Å². The number of carbonyl (C=O) groups is 3. The predicted molar refractivity (Wildman–Crippen MR) is 54.7 cm³/mol. The summed E-state index contributed by atoms with van der Waals surface area (Å²) < 4.78 is 0. The van der Waals surface area contributed by atoms with Crippen molar-refractivity contribution in [3.63, 3.8) is 0 Å². The van der Waals surface area contributed by atoms with Gasteiger partial charge in [-0.2, -0.15) is 0 Å². The summed E-state index contributed by atoms with van der Waals surface area (Å²) >= 11 is 0. The SMILES string of the molecule is NCCCCC(=O)NC(CC(=O)O)C(=O)O. The fourth-order valence-corrected chi connectivity index (χ4v) is 1.07. The van der Waals surface area contributed by atoms with Gasteiger partial charge < -0.3 is 21.3 Å². The average molecular weight is 232 g/mol. The lowest BCUT2D eigenvalue weighted by molar-refractivity contribution is -0.147. The molecular weight excluding hydrogens is 216 g/mol. The van der Waals surface area contributed by atoms with Crippen molar-refractivity contribution < 1.29 is 24.6 Å². The Labute approximate surface area is 92.6 Å². The lowest BCUT2D eigenvalue weighted by atomic mass is 10.2. The van der Waals surface area contributed by atoms with Crippen molar-refractivity contribution in [1.82, 2.24) is 5.32 Å². The van der Waals surface area contributed by atoms with Crippen LogP contribution in [0, 0.1) is 0 Å². The summed E-state index contributed by atoms with van der Waals surface area (Å²) in [6.07, 6.45) is 0.754. The quantitative estimate of drug-likeness (QED) is 0.404. The Hall–Kier alpha value is -1.63. The van der Waals surface area contributed by atoms with Gasteiger partial charge in [0.05, 0.1) is 6.42 Å². The summed E-state index contributed by atoms with van der Waals surface area (Å²) in [6.45, 7) is 0.463. The summed E-state index contributed by atoms with van der Waals surface area (Å²) in [5.41, 5.74) is 5.23. The van der Waals surface area contributed by atoms with Gasteiger partial charge in [-0.25, -0.2) is 4.79 Å². The van der Waals surface area contributed by atoms with Gasteiger partial charge in [0.15, 0.2) is 0 Å². The fraction of sp³-hybridized carbons (Fsp3) is 0.667. The van der Waals surface area contributed by atoms with E-state index < -0.39 is 30.3 Å². The number of carboxylic acid groups (broad SMARTS) is 2. The molecule has 0 spiro atoms. The van der Waals surface area contributed by atoms with Gasteiger partial charge in [0, 0.05) is 6.42 Å². The monoisotopic (exact) mass is 232 g/mol. The lowest BCUT2D eigenvalue weighted by Gasteiger charge is -2.11. The van der Waals surface area contributed by atoms with E-state index in [4.69, 9.17) is 15.9 Å². The molecule has 0 aromatic rings. The third-order valence-electron chi connectivity index (χ3n) is 1.87. The number of hydrogen-bond donors (Lipinski definition) is 4. The van der Waals surface area contributed by atoms with Crippen LogP contribution >= 0.6 is 0 Å². The normalized spacial score (nSPS) is 11.8. The van der Waals surface area contributed by atoms with Crippen LogP contribution in [0.4, 0.5) is 0 Å². The van der Waals surface area contributed by atoms with Crippen LogP contribution in [0.3, 0.4) is 0 Å². The molecule has 0 saturated carbocycles. The van der Waals surface area contributed by atoms with Crippen molar-refractivity contribution >= 4 is 17.8 Å². The number of carbonyl (C=O) groups excluding carboxylic acids is 1. The molecule has 0 fully saturated rings. The maximum Gasteiger partial charge on any atom is 0.326 e. The molecule has 0 aromatic heterocycles. The van der Waals surface area contributed by atoms with E-state index in [0.717, 1.165) is 0 Å². The minimum absolute atomic E-state index is 0.153. The first-order valence-corrected chi connectivity index (χ1v) is 4.91. The molecule has 0 rings (SSSR count). The Morgan fingerprint density at radius 1 is 1.19 bits per heavy atom. The van der Waals surface area contributed by atoms with Crippen molar-refractivity contribution in [2.75, 3.05) is 6.54 Å². The van der Waals surface area contributed by atoms with Gasteiger partial charge in [0.25, 0.3) is 0 Å². The summed E-state index contributed by atoms with van der Waals surface area (Å²) in [5, 5.41) is 19.2. The van der Waals surface area contributed by atoms with E-state index in [-0.39, 0.29) is 6.42 Å². The van der Waals surface area contributed by atoms with Gasteiger partial charge in [0.2, 0.25) is 5.91 Å². The third kappa shape index (κ3) is 6.77. The van der Waals surface area contributed by atoms with Crippen LogP contribution in [-0.4, -0.2) is 40.6 Å². The van der Waals surface area contributed by atoms with Crippen molar-refractivity contribution in [2.24, 2.45) is 5.73 Å². The standard InChI is InChI=1S/C9H16N2O5/c10-4-2-1-3-7(12)11-6(9(15)16)5-8(13)14/h6H,1-5,10H2,(H,11,12)(H,13,14)(H,15,16). The molecule has 16 heavy (non-hydrogen) atoms. The van der Waals surface area contributed by atoms with Crippen molar-refractivity contribution in [1.29, 1.82) is 0 Å². The van der Waals surface area contributed by atoms with Gasteiger partial charge in [0.1, 0.15) is 6.04 Å². The molecule has 0 aliphatic heterocycles. The number of unbranched alkanes of at least 4 members (excludes halogenated alkanes) is 1. The summed E-state index contributed by atoms with van der Waals surface area (Å²) in [7, 11) is 0. The number of hydrogen-bond acceptors (Lipinski definition) is 4. The number of carboxylic acids is 2. The zero-order chi connectivity index (χ0) is 12.6. The Morgan fingerprint density at radius 3 is 2.25 bits per heavy atom. The van der Waals surface area contributed by atoms with Crippen molar-refractivity contribution in [3.05, 3.63) is 0 Å². The maximum atomic E-state index is 11.2. The predicted octanol–water partition coefficient (Wildman–Crippen LogP) is -0.840. The highest BCUT2D eigenvalue weighted by Gasteiger charge is 2.22. The number of nitrogens with one attached hydrogen (secondary N) is 1. The highest BCUT2D eigenvalue weighted by atomic mass is 16.4. The van der Waals surface area contributed by atoms with E-state index >= 15 is 0 Å². The second-order valence-electron chi connectivity index (χ2n) is 3.30. The van der Waals surface area contributed by atoms with Gasteiger partial charge in [-0.15, -0.1) is 0 Å². The minimum atomic E-state index is -1.37. The van der Waals surface area contributed by atoms with Crippen molar-refractivity contribution in [2.45, 2.75) is 31.7 Å². The Balaban J connectivity index is 4.03. The molecule has 7 heteroatoms. The second kappa shape index (κ2) is 7.63.